The summed E-state index contributed by atoms with van der Waals surface area (Å²) in [6, 6.07) is 0. The van der Waals surface area contributed by atoms with Gasteiger partial charge in [0, 0.05) is 24.9 Å². The maximum atomic E-state index is 11.0. The number of nitrogens with zero attached hydrogens (tertiary/aromatic N) is 6. The van der Waals surface area contributed by atoms with Crippen molar-refractivity contribution in [2.45, 2.75) is 45.7 Å². The maximum Gasteiger partial charge on any atom is 0.231 e. The van der Waals surface area contributed by atoms with Crippen molar-refractivity contribution >= 4 is 5.91 Å². The predicted molar refractivity (Wildman–Crippen MR) is 89.4 cm³/mol. The highest BCUT2D eigenvalue weighted by Crippen LogP contribution is 2.27. The van der Waals surface area contributed by atoms with Gasteiger partial charge in [-0.1, -0.05) is 0 Å². The van der Waals surface area contributed by atoms with Gasteiger partial charge in [0.05, 0.1) is 13.1 Å². The number of piperidine rings is 1. The number of amides is 1. The lowest BCUT2D eigenvalue weighted by atomic mass is 9.96. The third kappa shape index (κ3) is 3.48. The Bertz CT molecular complexity index is 697. The van der Waals surface area contributed by atoms with Crippen molar-refractivity contribution in [1.82, 2.24) is 29.2 Å². The van der Waals surface area contributed by atoms with E-state index in [1.807, 2.05) is 13.1 Å². The fourth-order valence-corrected chi connectivity index (χ4v) is 3.41. The Labute approximate surface area is 141 Å². The molecular weight excluding hydrogens is 306 g/mol. The molecule has 3 heterocycles. The standard InChI is InChI=1S/C16H25N7O/c1-3-23-15(11-22-9-6-18-12(22)2)19-20-16(23)13-4-7-21(8-5-13)10-14(17)24/h6,9,13H,3-5,7-8,10-11H2,1-2H3,(H2,17,24). The molecule has 0 aromatic carbocycles. The number of carbonyl (C=O) groups excluding carboxylic acids is 1. The van der Waals surface area contributed by atoms with Crippen LogP contribution in [-0.4, -0.2) is 54.8 Å². The molecule has 0 saturated carbocycles. The molecule has 0 atom stereocenters. The molecule has 2 aromatic rings. The molecule has 0 aliphatic carbocycles. The second kappa shape index (κ2) is 7.12. The van der Waals surface area contributed by atoms with Crippen molar-refractivity contribution in [3.8, 4) is 0 Å². The lowest BCUT2D eigenvalue weighted by molar-refractivity contribution is -0.119. The fraction of sp³-hybridized carbons (Fsp3) is 0.625. The Kier molecular flexibility index (Phi) is 4.94. The number of nitrogens with two attached hydrogens (primary N) is 1. The molecular formula is C16H25N7O. The van der Waals surface area contributed by atoms with E-state index in [0.717, 1.165) is 49.9 Å². The summed E-state index contributed by atoms with van der Waals surface area (Å²) in [6.07, 6.45) is 5.73. The van der Waals surface area contributed by atoms with Crippen LogP contribution in [0.5, 0.6) is 0 Å². The normalized spacial score (nSPS) is 16.6. The zero-order valence-electron chi connectivity index (χ0n) is 14.4. The van der Waals surface area contributed by atoms with E-state index >= 15 is 0 Å². The Morgan fingerprint density at radius 1 is 1.33 bits per heavy atom. The average molecular weight is 331 g/mol. The molecule has 3 rings (SSSR count). The lowest BCUT2D eigenvalue weighted by Crippen LogP contribution is -2.39. The van der Waals surface area contributed by atoms with Gasteiger partial charge in [-0.15, -0.1) is 10.2 Å². The van der Waals surface area contributed by atoms with E-state index < -0.39 is 0 Å². The van der Waals surface area contributed by atoms with Crippen LogP contribution < -0.4 is 5.73 Å². The van der Waals surface area contributed by atoms with Crippen molar-refractivity contribution in [3.05, 3.63) is 29.9 Å². The van der Waals surface area contributed by atoms with E-state index in [9.17, 15) is 4.79 Å². The van der Waals surface area contributed by atoms with Crippen molar-refractivity contribution in [2.24, 2.45) is 5.73 Å². The first-order valence-corrected chi connectivity index (χ1v) is 8.48. The first kappa shape index (κ1) is 16.6. The second-order valence-corrected chi connectivity index (χ2v) is 6.34. The molecule has 2 N–H and O–H groups in total. The number of rotatable bonds is 6. The van der Waals surface area contributed by atoms with E-state index in [-0.39, 0.29) is 5.91 Å². The number of aromatic nitrogens is 5. The summed E-state index contributed by atoms with van der Waals surface area (Å²) in [5, 5.41) is 8.90. The topological polar surface area (TPSA) is 94.9 Å². The Morgan fingerprint density at radius 3 is 2.67 bits per heavy atom. The minimum absolute atomic E-state index is 0.261. The smallest absolute Gasteiger partial charge is 0.231 e. The van der Waals surface area contributed by atoms with Gasteiger partial charge in [0.2, 0.25) is 5.91 Å². The lowest BCUT2D eigenvalue weighted by Gasteiger charge is -2.30. The minimum Gasteiger partial charge on any atom is -0.369 e. The Balaban J connectivity index is 1.71. The quantitative estimate of drug-likeness (QED) is 0.832. The molecule has 0 radical (unpaired) electrons. The van der Waals surface area contributed by atoms with Crippen LogP contribution in [0.4, 0.5) is 0 Å². The number of imidazole rings is 1. The number of aryl methyl sites for hydroxylation is 1. The van der Waals surface area contributed by atoms with Crippen LogP contribution in [-0.2, 0) is 17.9 Å². The molecule has 1 amide bonds. The van der Waals surface area contributed by atoms with E-state index in [1.165, 1.54) is 0 Å². The molecule has 2 aromatic heterocycles. The van der Waals surface area contributed by atoms with Gasteiger partial charge in [-0.3, -0.25) is 9.69 Å². The Hall–Kier alpha value is -2.22. The van der Waals surface area contributed by atoms with Crippen LogP contribution in [0.1, 0.15) is 43.2 Å². The van der Waals surface area contributed by atoms with Gasteiger partial charge in [-0.05, 0) is 39.8 Å². The van der Waals surface area contributed by atoms with Crippen LogP contribution in [0.2, 0.25) is 0 Å². The summed E-state index contributed by atoms with van der Waals surface area (Å²) in [5.74, 6) is 3.13. The average Bonchev–Trinajstić information content (AvgIpc) is 3.14. The monoisotopic (exact) mass is 331 g/mol. The van der Waals surface area contributed by atoms with Gasteiger partial charge in [-0.2, -0.15) is 0 Å². The zero-order valence-corrected chi connectivity index (χ0v) is 14.4. The molecule has 8 heteroatoms. The second-order valence-electron chi connectivity index (χ2n) is 6.34. The molecule has 1 aliphatic heterocycles. The van der Waals surface area contributed by atoms with Crippen LogP contribution in [0, 0.1) is 6.92 Å². The largest absolute Gasteiger partial charge is 0.369 e. The summed E-state index contributed by atoms with van der Waals surface area (Å²) in [6.45, 7) is 7.75. The molecule has 8 nitrogen and oxygen atoms in total. The first-order valence-electron chi connectivity index (χ1n) is 8.48. The van der Waals surface area contributed by atoms with Crippen LogP contribution in [0.3, 0.4) is 0 Å². The van der Waals surface area contributed by atoms with Gasteiger partial charge in [0.1, 0.15) is 11.6 Å². The summed E-state index contributed by atoms with van der Waals surface area (Å²) in [5.41, 5.74) is 5.28. The molecule has 0 spiro atoms. The number of likely N-dealkylation sites (tertiary alicyclic amines) is 1. The number of carbonyl (C=O) groups is 1. The summed E-state index contributed by atoms with van der Waals surface area (Å²) < 4.78 is 4.29. The van der Waals surface area contributed by atoms with E-state index in [2.05, 4.69) is 36.1 Å². The fourth-order valence-electron chi connectivity index (χ4n) is 3.41. The van der Waals surface area contributed by atoms with Crippen molar-refractivity contribution in [1.29, 1.82) is 0 Å². The third-order valence-corrected chi connectivity index (χ3v) is 4.74. The van der Waals surface area contributed by atoms with Gasteiger partial charge < -0.3 is 14.9 Å². The zero-order chi connectivity index (χ0) is 17.1. The predicted octanol–water partition coefficient (Wildman–Crippen LogP) is 0.516. The minimum atomic E-state index is -0.261. The van der Waals surface area contributed by atoms with Gasteiger partial charge in [0.25, 0.3) is 0 Å². The van der Waals surface area contributed by atoms with Crippen LogP contribution in [0.15, 0.2) is 12.4 Å². The summed E-state index contributed by atoms with van der Waals surface area (Å²) in [7, 11) is 0. The number of primary amides is 1. The Morgan fingerprint density at radius 2 is 2.08 bits per heavy atom. The summed E-state index contributed by atoms with van der Waals surface area (Å²) in [4.78, 5) is 17.4. The van der Waals surface area contributed by atoms with Gasteiger partial charge in [0.15, 0.2) is 5.82 Å². The first-order chi connectivity index (χ1) is 11.6. The van der Waals surface area contributed by atoms with E-state index in [4.69, 9.17) is 5.73 Å². The van der Waals surface area contributed by atoms with E-state index in [0.29, 0.717) is 19.0 Å². The molecule has 0 bridgehead atoms. The van der Waals surface area contributed by atoms with Crippen molar-refractivity contribution < 1.29 is 4.79 Å². The van der Waals surface area contributed by atoms with Gasteiger partial charge in [-0.25, -0.2) is 4.98 Å². The van der Waals surface area contributed by atoms with Crippen molar-refractivity contribution in [2.75, 3.05) is 19.6 Å². The molecule has 1 aliphatic rings. The SMILES string of the molecule is CCn1c(Cn2ccnc2C)nnc1C1CCN(CC(N)=O)CC1. The van der Waals surface area contributed by atoms with Crippen LogP contribution >= 0.6 is 0 Å². The van der Waals surface area contributed by atoms with Crippen LogP contribution in [0.25, 0.3) is 0 Å². The number of hydrogen-bond donors (Lipinski definition) is 1. The maximum absolute atomic E-state index is 11.0. The highest BCUT2D eigenvalue weighted by Gasteiger charge is 2.26. The summed E-state index contributed by atoms with van der Waals surface area (Å²) >= 11 is 0. The molecule has 1 saturated heterocycles. The molecule has 24 heavy (non-hydrogen) atoms. The highest BCUT2D eigenvalue weighted by atomic mass is 16.1. The molecule has 0 unspecified atom stereocenters. The molecule has 130 valence electrons. The highest BCUT2D eigenvalue weighted by molar-refractivity contribution is 5.75. The molecule has 1 fully saturated rings. The van der Waals surface area contributed by atoms with Gasteiger partial charge >= 0.3 is 0 Å². The van der Waals surface area contributed by atoms with Crippen molar-refractivity contribution in [3.63, 3.8) is 0 Å². The van der Waals surface area contributed by atoms with E-state index in [1.54, 1.807) is 6.20 Å². The number of hydrogen-bond acceptors (Lipinski definition) is 5. The third-order valence-electron chi connectivity index (χ3n) is 4.74.